The molecule has 0 saturated heterocycles. The van der Waals surface area contributed by atoms with Crippen molar-refractivity contribution in [2.45, 2.75) is 13.2 Å². The highest BCUT2D eigenvalue weighted by molar-refractivity contribution is 5.61. The van der Waals surface area contributed by atoms with Crippen LogP contribution in [0.4, 0.5) is 20.2 Å². The molecule has 0 unspecified atom stereocenters. The van der Waals surface area contributed by atoms with Gasteiger partial charge in [-0.2, -0.15) is 13.9 Å². The van der Waals surface area contributed by atoms with Crippen LogP contribution in [0.2, 0.25) is 0 Å². The maximum absolute atomic E-state index is 12.6. The number of alkyl halides is 2. The van der Waals surface area contributed by atoms with Crippen LogP contribution in [-0.4, -0.2) is 21.3 Å². The van der Waals surface area contributed by atoms with Gasteiger partial charge in [0.15, 0.2) is 5.75 Å². The van der Waals surface area contributed by atoms with Crippen molar-refractivity contribution in [1.29, 1.82) is 0 Å². The van der Waals surface area contributed by atoms with Crippen molar-refractivity contribution in [2.24, 2.45) is 0 Å². The molecule has 0 aliphatic carbocycles. The van der Waals surface area contributed by atoms with E-state index in [4.69, 9.17) is 0 Å². The summed E-state index contributed by atoms with van der Waals surface area (Å²) in [6.07, 6.45) is 3.43. The second-order valence-corrected chi connectivity index (χ2v) is 5.30. The van der Waals surface area contributed by atoms with E-state index in [-0.39, 0.29) is 23.7 Å². The van der Waals surface area contributed by atoms with Gasteiger partial charge in [-0.15, -0.1) is 0 Å². The zero-order chi connectivity index (χ0) is 18.5. The van der Waals surface area contributed by atoms with Crippen molar-refractivity contribution in [2.75, 3.05) is 5.32 Å². The first-order valence-electron chi connectivity index (χ1n) is 7.59. The lowest BCUT2D eigenvalue weighted by Gasteiger charge is -2.12. The molecule has 0 amide bonds. The zero-order valence-corrected chi connectivity index (χ0v) is 13.4. The molecule has 9 heteroatoms. The second kappa shape index (κ2) is 7.60. The molecule has 1 N–H and O–H groups in total. The molecule has 1 aromatic heterocycles. The summed E-state index contributed by atoms with van der Waals surface area (Å²) in [6, 6.07) is 13.0. The number of anilines is 1. The van der Waals surface area contributed by atoms with Crippen molar-refractivity contribution in [1.82, 2.24) is 9.78 Å². The SMILES string of the molecule is O=[N+]([O-])c1ccc(NCc2cnn(-c3ccccc3)c2)c(OC(F)F)c1. The molecule has 0 fully saturated rings. The van der Waals surface area contributed by atoms with E-state index in [1.807, 2.05) is 30.3 Å². The Bertz CT molecular complexity index is 900. The summed E-state index contributed by atoms with van der Waals surface area (Å²) in [6.45, 7) is -2.80. The molecule has 0 radical (unpaired) electrons. The highest BCUT2D eigenvalue weighted by Gasteiger charge is 2.15. The van der Waals surface area contributed by atoms with Gasteiger partial charge in [0, 0.05) is 24.4 Å². The molecule has 0 aliphatic rings. The highest BCUT2D eigenvalue weighted by atomic mass is 19.3. The molecule has 0 spiro atoms. The average molecular weight is 360 g/mol. The van der Waals surface area contributed by atoms with Crippen LogP contribution in [0.5, 0.6) is 5.75 Å². The topological polar surface area (TPSA) is 82.2 Å². The lowest BCUT2D eigenvalue weighted by molar-refractivity contribution is -0.385. The normalized spacial score (nSPS) is 10.7. The molecule has 3 aromatic rings. The number of nitrogens with one attached hydrogen (secondary N) is 1. The number of aromatic nitrogens is 2. The van der Waals surface area contributed by atoms with E-state index in [1.54, 1.807) is 17.1 Å². The van der Waals surface area contributed by atoms with Crippen LogP contribution in [0.1, 0.15) is 5.56 Å². The van der Waals surface area contributed by atoms with E-state index in [0.717, 1.165) is 17.3 Å². The molecule has 26 heavy (non-hydrogen) atoms. The molecule has 0 bridgehead atoms. The first-order chi connectivity index (χ1) is 12.5. The number of rotatable bonds is 7. The number of hydrogen-bond donors (Lipinski definition) is 1. The molecule has 0 saturated carbocycles. The fraction of sp³-hybridized carbons (Fsp3) is 0.118. The number of nitro groups is 1. The van der Waals surface area contributed by atoms with E-state index < -0.39 is 11.5 Å². The van der Waals surface area contributed by atoms with Crippen molar-refractivity contribution in [3.8, 4) is 11.4 Å². The Morgan fingerprint density at radius 1 is 1.23 bits per heavy atom. The van der Waals surface area contributed by atoms with Crippen LogP contribution in [0.3, 0.4) is 0 Å². The summed E-state index contributed by atoms with van der Waals surface area (Å²) in [5.41, 5.74) is 1.58. The Labute approximate surface area is 147 Å². The Morgan fingerprint density at radius 3 is 2.69 bits per heavy atom. The third-order valence-electron chi connectivity index (χ3n) is 3.53. The molecule has 7 nitrogen and oxygen atoms in total. The minimum Gasteiger partial charge on any atom is -0.432 e. The maximum atomic E-state index is 12.6. The second-order valence-electron chi connectivity index (χ2n) is 5.30. The number of nitrogens with zero attached hydrogens (tertiary/aromatic N) is 3. The molecule has 3 rings (SSSR count). The fourth-order valence-electron chi connectivity index (χ4n) is 2.33. The summed E-state index contributed by atoms with van der Waals surface area (Å²) in [4.78, 5) is 10.1. The number of ether oxygens (including phenoxy) is 1. The monoisotopic (exact) mass is 360 g/mol. The van der Waals surface area contributed by atoms with E-state index in [1.165, 1.54) is 12.1 Å². The van der Waals surface area contributed by atoms with Crippen LogP contribution >= 0.6 is 0 Å². The Kier molecular flexibility index (Phi) is 5.07. The largest absolute Gasteiger partial charge is 0.432 e. The predicted molar refractivity (Wildman–Crippen MR) is 90.6 cm³/mol. The number of halogens is 2. The lowest BCUT2D eigenvalue weighted by atomic mass is 10.2. The number of nitro benzene ring substituents is 1. The van der Waals surface area contributed by atoms with Gasteiger partial charge in [-0.25, -0.2) is 4.68 Å². The Balaban J connectivity index is 1.75. The third-order valence-corrected chi connectivity index (χ3v) is 3.53. The smallest absolute Gasteiger partial charge is 0.387 e. The minimum atomic E-state index is -3.08. The number of benzene rings is 2. The molecule has 0 aliphatic heterocycles. The van der Waals surface area contributed by atoms with Crippen LogP contribution < -0.4 is 10.1 Å². The lowest BCUT2D eigenvalue weighted by Crippen LogP contribution is -2.07. The van der Waals surface area contributed by atoms with E-state index in [0.29, 0.717) is 0 Å². The summed E-state index contributed by atoms with van der Waals surface area (Å²) in [5, 5.41) is 18.0. The average Bonchev–Trinajstić information content (AvgIpc) is 3.10. The molecular weight excluding hydrogens is 346 g/mol. The van der Waals surface area contributed by atoms with E-state index >= 15 is 0 Å². The van der Waals surface area contributed by atoms with E-state index in [2.05, 4.69) is 15.2 Å². The summed E-state index contributed by atoms with van der Waals surface area (Å²) < 4.78 is 31.2. The summed E-state index contributed by atoms with van der Waals surface area (Å²) >= 11 is 0. The molecule has 1 heterocycles. The van der Waals surface area contributed by atoms with Gasteiger partial charge in [0.1, 0.15) is 0 Å². The maximum Gasteiger partial charge on any atom is 0.387 e. The predicted octanol–water partition coefficient (Wildman–Crippen LogP) is 3.99. The van der Waals surface area contributed by atoms with Crippen molar-refractivity contribution in [3.63, 3.8) is 0 Å². The van der Waals surface area contributed by atoms with Crippen molar-refractivity contribution < 1.29 is 18.4 Å². The standard InChI is InChI=1S/C17H14F2N4O3/c18-17(19)26-16-8-14(23(24)25)6-7-15(16)20-9-12-10-21-22(11-12)13-4-2-1-3-5-13/h1-8,10-11,17,20H,9H2. The molecule has 134 valence electrons. The van der Waals surface area contributed by atoms with Crippen LogP contribution in [0.15, 0.2) is 60.9 Å². The zero-order valence-electron chi connectivity index (χ0n) is 13.4. The van der Waals surface area contributed by atoms with Gasteiger partial charge in [-0.3, -0.25) is 10.1 Å². The molecule has 2 aromatic carbocycles. The van der Waals surface area contributed by atoms with Gasteiger partial charge >= 0.3 is 6.61 Å². The van der Waals surface area contributed by atoms with Crippen LogP contribution in [0, 0.1) is 10.1 Å². The van der Waals surface area contributed by atoms with Gasteiger partial charge in [0.2, 0.25) is 0 Å². The summed E-state index contributed by atoms with van der Waals surface area (Å²) in [7, 11) is 0. The van der Waals surface area contributed by atoms with Crippen molar-refractivity contribution in [3.05, 3.63) is 76.6 Å². The Hall–Kier alpha value is -3.49. The first-order valence-corrected chi connectivity index (χ1v) is 7.59. The molecular formula is C17H14F2N4O3. The van der Waals surface area contributed by atoms with Crippen LogP contribution in [0.25, 0.3) is 5.69 Å². The molecule has 0 atom stereocenters. The van der Waals surface area contributed by atoms with Gasteiger partial charge < -0.3 is 10.1 Å². The van der Waals surface area contributed by atoms with Crippen molar-refractivity contribution >= 4 is 11.4 Å². The number of non-ortho nitro benzene ring substituents is 1. The fourth-order valence-corrected chi connectivity index (χ4v) is 2.33. The highest BCUT2D eigenvalue weighted by Crippen LogP contribution is 2.31. The van der Waals surface area contributed by atoms with Gasteiger partial charge in [0.05, 0.1) is 28.6 Å². The quantitative estimate of drug-likeness (QED) is 0.509. The van der Waals surface area contributed by atoms with Gasteiger partial charge in [0.25, 0.3) is 5.69 Å². The Morgan fingerprint density at radius 2 is 2.00 bits per heavy atom. The number of hydrogen-bond acceptors (Lipinski definition) is 5. The van der Waals surface area contributed by atoms with Gasteiger partial charge in [-0.05, 0) is 18.2 Å². The number of para-hydroxylation sites is 1. The first kappa shape index (κ1) is 17.3. The van der Waals surface area contributed by atoms with Gasteiger partial charge in [-0.1, -0.05) is 18.2 Å². The van der Waals surface area contributed by atoms with E-state index in [9.17, 15) is 18.9 Å². The summed E-state index contributed by atoms with van der Waals surface area (Å²) in [5.74, 6) is -0.287. The third kappa shape index (κ3) is 4.12. The minimum absolute atomic E-state index is 0.225. The van der Waals surface area contributed by atoms with Crippen LogP contribution in [-0.2, 0) is 6.54 Å².